The maximum absolute atomic E-state index is 11.5. The van der Waals surface area contributed by atoms with Crippen LogP contribution in [0.4, 0.5) is 0 Å². The van der Waals surface area contributed by atoms with Crippen LogP contribution >= 0.6 is 11.6 Å². The molecule has 4 nitrogen and oxygen atoms in total. The lowest BCUT2D eigenvalue weighted by molar-refractivity contribution is 0.0981. The van der Waals surface area contributed by atoms with E-state index in [2.05, 4.69) is 0 Å². The second-order valence-electron chi connectivity index (χ2n) is 3.26. The van der Waals surface area contributed by atoms with Gasteiger partial charge in [-0.1, -0.05) is 18.5 Å². The molecule has 16 heavy (non-hydrogen) atoms. The number of benzene rings is 1. The van der Waals surface area contributed by atoms with Gasteiger partial charge in [0.15, 0.2) is 0 Å². The number of hydrogen-bond acceptors (Lipinski definition) is 3. The van der Waals surface area contributed by atoms with E-state index in [4.69, 9.17) is 11.6 Å². The molecule has 0 aliphatic carbocycles. The topological polar surface area (TPSA) is 63.2 Å². The summed E-state index contributed by atoms with van der Waals surface area (Å²) in [6.07, 6.45) is 0.462. The minimum absolute atomic E-state index is 0.0632. The number of rotatable bonds is 4. The second kappa shape index (κ2) is 5.32. The van der Waals surface area contributed by atoms with Crippen molar-refractivity contribution in [1.82, 2.24) is 4.72 Å². The molecule has 6 heteroatoms. The molecule has 1 N–H and O–H groups in total. The van der Waals surface area contributed by atoms with Crippen molar-refractivity contribution in [3.05, 3.63) is 34.9 Å². The third-order valence-electron chi connectivity index (χ3n) is 1.83. The zero-order chi connectivity index (χ0) is 12.2. The van der Waals surface area contributed by atoms with Gasteiger partial charge in [-0.15, -0.1) is 0 Å². The van der Waals surface area contributed by atoms with E-state index in [0.29, 0.717) is 11.4 Å². The summed E-state index contributed by atoms with van der Waals surface area (Å²) in [5, 5.41) is 0.493. The Labute approximate surface area is 99.7 Å². The first-order valence-electron chi connectivity index (χ1n) is 4.75. The Morgan fingerprint density at radius 3 is 2.38 bits per heavy atom. The van der Waals surface area contributed by atoms with Crippen molar-refractivity contribution < 1.29 is 13.2 Å². The molecule has 0 aliphatic heterocycles. The summed E-state index contributed by atoms with van der Waals surface area (Å²) in [6.45, 7) is 1.73. The molecule has 0 heterocycles. The highest BCUT2D eigenvalue weighted by molar-refractivity contribution is 7.90. The average Bonchev–Trinajstić information content (AvgIpc) is 2.17. The van der Waals surface area contributed by atoms with E-state index in [1.54, 1.807) is 6.92 Å². The number of amides is 1. The van der Waals surface area contributed by atoms with Crippen molar-refractivity contribution in [2.75, 3.05) is 5.75 Å². The normalized spacial score (nSPS) is 11.1. The van der Waals surface area contributed by atoms with Gasteiger partial charge in [0.05, 0.1) is 5.75 Å². The molecule has 1 aromatic rings. The summed E-state index contributed by atoms with van der Waals surface area (Å²) >= 11 is 5.65. The Morgan fingerprint density at radius 2 is 1.88 bits per heavy atom. The van der Waals surface area contributed by atoms with Crippen molar-refractivity contribution in [3.63, 3.8) is 0 Å². The number of halogens is 1. The van der Waals surface area contributed by atoms with Gasteiger partial charge in [-0.05, 0) is 30.7 Å². The fourth-order valence-electron chi connectivity index (χ4n) is 1.12. The van der Waals surface area contributed by atoms with Gasteiger partial charge in [0, 0.05) is 10.6 Å². The summed E-state index contributed by atoms with van der Waals surface area (Å²) in [7, 11) is -3.52. The lowest BCUT2D eigenvalue weighted by atomic mass is 10.2. The van der Waals surface area contributed by atoms with Crippen molar-refractivity contribution in [2.24, 2.45) is 0 Å². The van der Waals surface area contributed by atoms with Gasteiger partial charge < -0.3 is 0 Å². The van der Waals surface area contributed by atoms with Crippen LogP contribution in [0.2, 0.25) is 5.02 Å². The van der Waals surface area contributed by atoms with Crippen LogP contribution in [0.5, 0.6) is 0 Å². The van der Waals surface area contributed by atoms with Gasteiger partial charge in [-0.3, -0.25) is 4.79 Å². The first-order valence-corrected chi connectivity index (χ1v) is 6.78. The standard InChI is InChI=1S/C10H12ClNO3S/c1-2-7-16(14,15)12-10(13)8-3-5-9(11)6-4-8/h3-6H,2,7H2,1H3,(H,12,13). The van der Waals surface area contributed by atoms with Crippen LogP contribution < -0.4 is 4.72 Å². The Kier molecular flexibility index (Phi) is 4.32. The average molecular weight is 262 g/mol. The van der Waals surface area contributed by atoms with Crippen LogP contribution in [0.15, 0.2) is 24.3 Å². The van der Waals surface area contributed by atoms with Gasteiger partial charge in [0.25, 0.3) is 5.91 Å². The lowest BCUT2D eigenvalue weighted by Crippen LogP contribution is -2.32. The summed E-state index contributed by atoms with van der Waals surface area (Å²) < 4.78 is 24.6. The molecule has 0 aliphatic rings. The van der Waals surface area contributed by atoms with E-state index < -0.39 is 15.9 Å². The Bertz CT molecular complexity index is 467. The van der Waals surface area contributed by atoms with Gasteiger partial charge in [0.1, 0.15) is 0 Å². The SMILES string of the molecule is CCCS(=O)(=O)NC(=O)c1ccc(Cl)cc1. The highest BCUT2D eigenvalue weighted by Gasteiger charge is 2.14. The van der Waals surface area contributed by atoms with Crippen LogP contribution in [0, 0.1) is 0 Å². The van der Waals surface area contributed by atoms with E-state index in [1.165, 1.54) is 24.3 Å². The summed E-state index contributed by atoms with van der Waals surface area (Å²) in [5.41, 5.74) is 0.268. The molecule has 0 unspecified atom stereocenters. The predicted molar refractivity (Wildman–Crippen MR) is 63.0 cm³/mol. The van der Waals surface area contributed by atoms with E-state index >= 15 is 0 Å². The molecule has 1 rings (SSSR count). The molecule has 1 amide bonds. The minimum atomic E-state index is -3.52. The molecule has 0 spiro atoms. The lowest BCUT2D eigenvalue weighted by Gasteiger charge is -2.05. The molecule has 0 saturated carbocycles. The number of nitrogens with one attached hydrogen (secondary N) is 1. The first-order chi connectivity index (χ1) is 7.44. The Hall–Kier alpha value is -1.07. The molecule has 0 atom stereocenters. The largest absolute Gasteiger partial charge is 0.268 e. The first kappa shape index (κ1) is 13.0. The summed E-state index contributed by atoms with van der Waals surface area (Å²) in [6, 6.07) is 6.00. The third kappa shape index (κ3) is 3.83. The van der Waals surface area contributed by atoms with Gasteiger partial charge in [-0.2, -0.15) is 0 Å². The molecule has 0 aromatic heterocycles. The third-order valence-corrected chi connectivity index (χ3v) is 3.52. The minimum Gasteiger partial charge on any atom is -0.268 e. The quantitative estimate of drug-likeness (QED) is 0.899. The molecular formula is C10H12ClNO3S. The van der Waals surface area contributed by atoms with Crippen LogP contribution in [0.3, 0.4) is 0 Å². The number of carbonyl (C=O) groups excluding carboxylic acids is 1. The Balaban J connectivity index is 2.77. The molecule has 0 bridgehead atoms. The molecule has 0 radical (unpaired) electrons. The van der Waals surface area contributed by atoms with E-state index in [0.717, 1.165) is 0 Å². The smallest absolute Gasteiger partial charge is 0.264 e. The Morgan fingerprint density at radius 1 is 1.31 bits per heavy atom. The van der Waals surface area contributed by atoms with Crippen LogP contribution in [0.1, 0.15) is 23.7 Å². The second-order valence-corrected chi connectivity index (χ2v) is 5.54. The van der Waals surface area contributed by atoms with Crippen LogP contribution in [-0.2, 0) is 10.0 Å². The van der Waals surface area contributed by atoms with Crippen LogP contribution in [-0.4, -0.2) is 20.1 Å². The fourth-order valence-corrected chi connectivity index (χ4v) is 2.29. The van der Waals surface area contributed by atoms with Gasteiger partial charge >= 0.3 is 0 Å². The maximum Gasteiger partial charge on any atom is 0.264 e. The van der Waals surface area contributed by atoms with Crippen molar-refractivity contribution >= 4 is 27.5 Å². The van der Waals surface area contributed by atoms with Crippen molar-refractivity contribution in [3.8, 4) is 0 Å². The van der Waals surface area contributed by atoms with Crippen molar-refractivity contribution in [2.45, 2.75) is 13.3 Å². The summed E-state index contributed by atoms with van der Waals surface area (Å²) in [4.78, 5) is 11.5. The highest BCUT2D eigenvalue weighted by atomic mass is 35.5. The zero-order valence-electron chi connectivity index (χ0n) is 8.73. The molecule has 0 saturated heterocycles. The molecule has 0 fully saturated rings. The summed E-state index contributed by atoms with van der Waals surface area (Å²) in [5.74, 6) is -0.697. The number of carbonyl (C=O) groups is 1. The van der Waals surface area contributed by atoms with Crippen molar-refractivity contribution in [1.29, 1.82) is 0 Å². The van der Waals surface area contributed by atoms with Gasteiger partial charge in [-0.25, -0.2) is 13.1 Å². The fraction of sp³-hybridized carbons (Fsp3) is 0.300. The highest BCUT2D eigenvalue weighted by Crippen LogP contribution is 2.09. The van der Waals surface area contributed by atoms with E-state index in [1.807, 2.05) is 4.72 Å². The number of sulfonamides is 1. The molecular weight excluding hydrogens is 250 g/mol. The van der Waals surface area contributed by atoms with Crippen LogP contribution in [0.25, 0.3) is 0 Å². The zero-order valence-corrected chi connectivity index (χ0v) is 10.3. The predicted octanol–water partition coefficient (Wildman–Crippen LogP) is 1.81. The molecule has 88 valence electrons. The number of hydrogen-bond donors (Lipinski definition) is 1. The monoisotopic (exact) mass is 261 g/mol. The van der Waals surface area contributed by atoms with E-state index in [-0.39, 0.29) is 11.3 Å². The molecule has 1 aromatic carbocycles. The van der Waals surface area contributed by atoms with Gasteiger partial charge in [0.2, 0.25) is 10.0 Å². The maximum atomic E-state index is 11.5. The van der Waals surface area contributed by atoms with E-state index in [9.17, 15) is 13.2 Å².